The monoisotopic (exact) mass is 221 g/mol. The van der Waals surface area contributed by atoms with Crippen LogP contribution in [0.15, 0.2) is 35.0 Å². The van der Waals surface area contributed by atoms with E-state index in [1.54, 1.807) is 6.07 Å². The van der Waals surface area contributed by atoms with Crippen LogP contribution >= 0.6 is 11.3 Å². The molecule has 0 spiro atoms. The molecule has 0 saturated heterocycles. The summed E-state index contributed by atoms with van der Waals surface area (Å²) in [5, 5.41) is 23.7. The molecule has 0 aliphatic carbocycles. The smallest absolute Gasteiger partial charge is 0.311 e. The maximum absolute atomic E-state index is 10.6. The summed E-state index contributed by atoms with van der Waals surface area (Å²) >= 11 is 1.52. The van der Waals surface area contributed by atoms with Gasteiger partial charge in [0.2, 0.25) is 0 Å². The standard InChI is InChI=1S/C10H7NO3S/c12-10-2-1-7(5-9(10)11(13)14)8-3-4-15-6-8/h1-6,12H. The largest absolute Gasteiger partial charge is 0.502 e. The number of rotatable bonds is 2. The molecule has 0 amide bonds. The van der Waals surface area contributed by atoms with Gasteiger partial charge in [0.1, 0.15) is 0 Å². The quantitative estimate of drug-likeness (QED) is 0.626. The molecule has 0 saturated carbocycles. The van der Waals surface area contributed by atoms with Gasteiger partial charge in [-0.3, -0.25) is 10.1 Å². The van der Waals surface area contributed by atoms with Crippen molar-refractivity contribution in [2.45, 2.75) is 0 Å². The number of nitro groups is 1. The number of phenols is 1. The first-order valence-electron chi connectivity index (χ1n) is 4.18. The zero-order chi connectivity index (χ0) is 10.8. The van der Waals surface area contributed by atoms with Crippen LogP contribution in [-0.2, 0) is 0 Å². The maximum Gasteiger partial charge on any atom is 0.311 e. The van der Waals surface area contributed by atoms with Crippen molar-refractivity contribution in [3.8, 4) is 16.9 Å². The number of hydrogen-bond donors (Lipinski definition) is 1. The Morgan fingerprint density at radius 1 is 1.27 bits per heavy atom. The van der Waals surface area contributed by atoms with Gasteiger partial charge in [-0.1, -0.05) is 6.07 Å². The molecule has 4 nitrogen and oxygen atoms in total. The third kappa shape index (κ3) is 1.82. The second-order valence-corrected chi connectivity index (χ2v) is 3.75. The van der Waals surface area contributed by atoms with E-state index in [1.165, 1.54) is 23.5 Å². The molecule has 0 fully saturated rings. The van der Waals surface area contributed by atoms with E-state index in [4.69, 9.17) is 0 Å². The second-order valence-electron chi connectivity index (χ2n) is 2.97. The highest BCUT2D eigenvalue weighted by Crippen LogP contribution is 2.31. The zero-order valence-electron chi connectivity index (χ0n) is 7.58. The van der Waals surface area contributed by atoms with Gasteiger partial charge in [-0.2, -0.15) is 11.3 Å². The van der Waals surface area contributed by atoms with Crippen molar-refractivity contribution < 1.29 is 10.0 Å². The van der Waals surface area contributed by atoms with Gasteiger partial charge in [0, 0.05) is 6.07 Å². The second kappa shape index (κ2) is 3.70. The van der Waals surface area contributed by atoms with E-state index in [-0.39, 0.29) is 11.4 Å². The van der Waals surface area contributed by atoms with Gasteiger partial charge in [-0.25, -0.2) is 0 Å². The fourth-order valence-electron chi connectivity index (χ4n) is 1.28. The molecule has 0 radical (unpaired) electrons. The average Bonchev–Trinajstić information content (AvgIpc) is 2.71. The van der Waals surface area contributed by atoms with Gasteiger partial charge in [0.15, 0.2) is 5.75 Å². The molecule has 1 heterocycles. The van der Waals surface area contributed by atoms with Crippen LogP contribution in [0, 0.1) is 10.1 Å². The van der Waals surface area contributed by atoms with Crippen molar-refractivity contribution in [2.75, 3.05) is 0 Å². The fourth-order valence-corrected chi connectivity index (χ4v) is 1.94. The van der Waals surface area contributed by atoms with E-state index >= 15 is 0 Å². The zero-order valence-corrected chi connectivity index (χ0v) is 8.40. The number of hydrogen-bond acceptors (Lipinski definition) is 4. The first-order chi connectivity index (χ1) is 7.18. The summed E-state index contributed by atoms with van der Waals surface area (Å²) in [5.41, 5.74) is 1.39. The van der Waals surface area contributed by atoms with Gasteiger partial charge in [-0.15, -0.1) is 0 Å². The molecule has 0 aliphatic heterocycles. The van der Waals surface area contributed by atoms with E-state index < -0.39 is 4.92 Å². The van der Waals surface area contributed by atoms with Gasteiger partial charge in [-0.05, 0) is 34.0 Å². The highest BCUT2D eigenvalue weighted by Gasteiger charge is 2.14. The highest BCUT2D eigenvalue weighted by atomic mass is 32.1. The van der Waals surface area contributed by atoms with Crippen molar-refractivity contribution in [1.82, 2.24) is 0 Å². The fraction of sp³-hybridized carbons (Fsp3) is 0. The molecule has 2 rings (SSSR count). The van der Waals surface area contributed by atoms with Crippen LogP contribution in [0.4, 0.5) is 5.69 Å². The molecular weight excluding hydrogens is 214 g/mol. The minimum Gasteiger partial charge on any atom is -0.502 e. The summed E-state index contributed by atoms with van der Waals surface area (Å²) < 4.78 is 0. The number of phenolic OH excluding ortho intramolecular Hbond substituents is 1. The topological polar surface area (TPSA) is 63.4 Å². The van der Waals surface area contributed by atoms with Crippen molar-refractivity contribution >= 4 is 17.0 Å². The summed E-state index contributed by atoms with van der Waals surface area (Å²) in [4.78, 5) is 10.00. The minimum atomic E-state index is -0.592. The lowest BCUT2D eigenvalue weighted by molar-refractivity contribution is -0.385. The van der Waals surface area contributed by atoms with Gasteiger partial charge < -0.3 is 5.11 Å². The molecule has 1 aromatic carbocycles. The van der Waals surface area contributed by atoms with Gasteiger partial charge >= 0.3 is 5.69 Å². The Morgan fingerprint density at radius 3 is 2.67 bits per heavy atom. The van der Waals surface area contributed by atoms with E-state index in [9.17, 15) is 15.2 Å². The molecule has 2 aromatic rings. The van der Waals surface area contributed by atoms with Crippen molar-refractivity contribution in [2.24, 2.45) is 0 Å². The van der Waals surface area contributed by atoms with E-state index in [2.05, 4.69) is 0 Å². The Morgan fingerprint density at radius 2 is 2.07 bits per heavy atom. The van der Waals surface area contributed by atoms with Crippen LogP contribution in [0.2, 0.25) is 0 Å². The van der Waals surface area contributed by atoms with Crippen LogP contribution in [0.1, 0.15) is 0 Å². The first-order valence-corrected chi connectivity index (χ1v) is 5.13. The number of nitrogens with zero attached hydrogens (tertiary/aromatic N) is 1. The Kier molecular flexibility index (Phi) is 2.39. The number of benzene rings is 1. The summed E-state index contributed by atoms with van der Waals surface area (Å²) in [7, 11) is 0. The predicted octanol–water partition coefficient (Wildman–Crippen LogP) is 3.03. The average molecular weight is 221 g/mol. The van der Waals surface area contributed by atoms with Crippen LogP contribution in [0.25, 0.3) is 11.1 Å². The Hall–Kier alpha value is -1.88. The lowest BCUT2D eigenvalue weighted by Gasteiger charge is -1.99. The lowest BCUT2D eigenvalue weighted by Crippen LogP contribution is -1.88. The normalized spacial score (nSPS) is 10.1. The molecule has 0 atom stereocenters. The van der Waals surface area contributed by atoms with Gasteiger partial charge in [0.05, 0.1) is 4.92 Å². The molecule has 1 N–H and O–H groups in total. The van der Waals surface area contributed by atoms with Crippen molar-refractivity contribution in [3.63, 3.8) is 0 Å². The van der Waals surface area contributed by atoms with E-state index in [0.29, 0.717) is 0 Å². The molecule has 0 aliphatic rings. The molecule has 5 heteroatoms. The van der Waals surface area contributed by atoms with Crippen LogP contribution in [-0.4, -0.2) is 10.0 Å². The number of aromatic hydroxyl groups is 1. The first kappa shape index (κ1) is 9.67. The lowest BCUT2D eigenvalue weighted by atomic mass is 10.1. The SMILES string of the molecule is O=[N+]([O-])c1cc(-c2ccsc2)ccc1O. The van der Waals surface area contributed by atoms with Crippen LogP contribution in [0.5, 0.6) is 5.75 Å². The summed E-state index contributed by atoms with van der Waals surface area (Å²) in [6.07, 6.45) is 0. The molecule has 1 aromatic heterocycles. The Balaban J connectivity index is 2.52. The molecule has 76 valence electrons. The van der Waals surface area contributed by atoms with Crippen molar-refractivity contribution in [1.29, 1.82) is 0 Å². The highest BCUT2D eigenvalue weighted by molar-refractivity contribution is 7.08. The van der Waals surface area contributed by atoms with Gasteiger partial charge in [0.25, 0.3) is 0 Å². The maximum atomic E-state index is 10.6. The van der Waals surface area contributed by atoms with E-state index in [0.717, 1.165) is 11.1 Å². The third-order valence-corrected chi connectivity index (χ3v) is 2.71. The van der Waals surface area contributed by atoms with Crippen LogP contribution < -0.4 is 0 Å². The molecule has 0 bridgehead atoms. The molecule has 0 unspecified atom stereocenters. The Labute approximate surface area is 89.6 Å². The summed E-state index contributed by atoms with van der Waals surface area (Å²) in [6, 6.07) is 6.24. The van der Waals surface area contributed by atoms with E-state index in [1.807, 2.05) is 16.8 Å². The summed E-state index contributed by atoms with van der Waals surface area (Å²) in [6.45, 7) is 0. The predicted molar refractivity (Wildman–Crippen MR) is 58.1 cm³/mol. The Bertz CT molecular complexity index is 493. The summed E-state index contributed by atoms with van der Waals surface area (Å²) in [5.74, 6) is -0.307. The number of nitro benzene ring substituents is 1. The minimum absolute atomic E-state index is 0.265. The number of thiophene rings is 1. The third-order valence-electron chi connectivity index (χ3n) is 2.03. The van der Waals surface area contributed by atoms with Crippen LogP contribution in [0.3, 0.4) is 0 Å². The van der Waals surface area contributed by atoms with Crippen molar-refractivity contribution in [3.05, 3.63) is 45.1 Å². The molecular formula is C10H7NO3S. The molecule has 15 heavy (non-hydrogen) atoms.